The number of likely N-dealkylation sites (N-methyl/N-ethyl adjacent to an activating group) is 2. The number of hydrogen-bond acceptors (Lipinski definition) is 5. The first-order chi connectivity index (χ1) is 11.8. The highest BCUT2D eigenvalue weighted by Crippen LogP contribution is 2.29. The SMILES string of the molecule is CC(C)CSc1ccc([N+](=O)[O-])cc1C(=O)N(C)CC1CCCN1C. The van der Waals surface area contributed by atoms with E-state index in [1.807, 2.05) is 0 Å². The molecule has 25 heavy (non-hydrogen) atoms. The summed E-state index contributed by atoms with van der Waals surface area (Å²) in [5.41, 5.74) is 0.395. The Bertz CT molecular complexity index is 636. The van der Waals surface area contributed by atoms with Crippen molar-refractivity contribution in [3.8, 4) is 0 Å². The lowest BCUT2D eigenvalue weighted by Gasteiger charge is -2.26. The van der Waals surface area contributed by atoms with Gasteiger partial charge in [0.1, 0.15) is 0 Å². The van der Waals surface area contributed by atoms with E-state index in [0.717, 1.165) is 30.0 Å². The molecule has 0 radical (unpaired) electrons. The van der Waals surface area contributed by atoms with Crippen molar-refractivity contribution in [2.24, 2.45) is 5.92 Å². The quantitative estimate of drug-likeness (QED) is 0.420. The molecule has 6 nitrogen and oxygen atoms in total. The highest BCUT2D eigenvalue weighted by Gasteiger charge is 2.26. The van der Waals surface area contributed by atoms with Crippen molar-refractivity contribution in [2.75, 3.05) is 32.9 Å². The number of likely N-dealkylation sites (tertiary alicyclic amines) is 1. The van der Waals surface area contributed by atoms with Gasteiger partial charge in [-0.3, -0.25) is 14.9 Å². The van der Waals surface area contributed by atoms with Gasteiger partial charge in [-0.1, -0.05) is 13.8 Å². The number of carbonyl (C=O) groups excluding carboxylic acids is 1. The molecule has 1 saturated heterocycles. The summed E-state index contributed by atoms with van der Waals surface area (Å²) in [6, 6.07) is 4.96. The zero-order chi connectivity index (χ0) is 18.6. The molecule has 1 unspecified atom stereocenters. The molecule has 1 fully saturated rings. The Labute approximate surface area is 153 Å². The van der Waals surface area contributed by atoms with Crippen molar-refractivity contribution in [2.45, 2.75) is 37.6 Å². The van der Waals surface area contributed by atoms with Gasteiger partial charge in [0.25, 0.3) is 11.6 Å². The van der Waals surface area contributed by atoms with E-state index in [1.165, 1.54) is 12.1 Å². The number of rotatable bonds is 7. The lowest BCUT2D eigenvalue weighted by molar-refractivity contribution is -0.384. The van der Waals surface area contributed by atoms with Crippen LogP contribution in [0.2, 0.25) is 0 Å². The second kappa shape index (κ2) is 8.67. The Kier molecular flexibility index (Phi) is 6.84. The van der Waals surface area contributed by atoms with Crippen molar-refractivity contribution in [1.29, 1.82) is 0 Å². The summed E-state index contributed by atoms with van der Waals surface area (Å²) in [6.45, 7) is 5.93. The van der Waals surface area contributed by atoms with Gasteiger partial charge in [0, 0.05) is 42.4 Å². The van der Waals surface area contributed by atoms with Gasteiger partial charge in [-0.2, -0.15) is 0 Å². The Morgan fingerprint density at radius 3 is 2.76 bits per heavy atom. The normalized spacial score (nSPS) is 17.9. The van der Waals surface area contributed by atoms with Crippen molar-refractivity contribution in [3.63, 3.8) is 0 Å². The van der Waals surface area contributed by atoms with Crippen LogP contribution in [0.4, 0.5) is 5.69 Å². The average Bonchev–Trinajstić information content (AvgIpc) is 2.96. The van der Waals surface area contributed by atoms with Crippen molar-refractivity contribution >= 4 is 23.4 Å². The van der Waals surface area contributed by atoms with Gasteiger partial charge in [0.15, 0.2) is 0 Å². The van der Waals surface area contributed by atoms with Crippen LogP contribution in [0, 0.1) is 16.0 Å². The van der Waals surface area contributed by atoms with Gasteiger partial charge in [0.05, 0.1) is 10.5 Å². The average molecular weight is 365 g/mol. The first kappa shape index (κ1) is 19.7. The molecule has 1 aromatic rings. The van der Waals surface area contributed by atoms with Crippen LogP contribution in [0.1, 0.15) is 37.0 Å². The molecule has 0 spiro atoms. The lowest BCUT2D eigenvalue weighted by atomic mass is 10.1. The van der Waals surface area contributed by atoms with Gasteiger partial charge >= 0.3 is 0 Å². The van der Waals surface area contributed by atoms with Crippen molar-refractivity contribution < 1.29 is 9.72 Å². The lowest BCUT2D eigenvalue weighted by Crippen LogP contribution is -2.39. The molecule has 0 bridgehead atoms. The van der Waals surface area contributed by atoms with E-state index in [1.54, 1.807) is 29.8 Å². The Hall–Kier alpha value is -1.60. The molecule has 0 aromatic heterocycles. The zero-order valence-corrected chi connectivity index (χ0v) is 16.2. The van der Waals surface area contributed by atoms with Gasteiger partial charge in [0.2, 0.25) is 0 Å². The van der Waals surface area contributed by atoms with E-state index in [0.29, 0.717) is 24.1 Å². The molecule has 1 amide bonds. The molecular weight excluding hydrogens is 338 g/mol. The number of non-ortho nitro benzene ring substituents is 1. The molecular formula is C18H27N3O3S. The number of nitro groups is 1. The van der Waals surface area contributed by atoms with E-state index >= 15 is 0 Å². The summed E-state index contributed by atoms with van der Waals surface area (Å²) >= 11 is 1.58. The first-order valence-electron chi connectivity index (χ1n) is 8.66. The van der Waals surface area contributed by atoms with Gasteiger partial charge < -0.3 is 9.80 Å². The van der Waals surface area contributed by atoms with Gasteiger partial charge in [-0.15, -0.1) is 11.8 Å². The highest BCUT2D eigenvalue weighted by molar-refractivity contribution is 7.99. The standard InChI is InChI=1S/C18H27N3O3S/c1-13(2)12-25-17-8-7-14(21(23)24)10-16(17)18(22)20(4)11-15-6-5-9-19(15)3/h7-8,10,13,15H,5-6,9,11-12H2,1-4H3. The number of hydrogen-bond donors (Lipinski definition) is 0. The molecule has 2 rings (SSSR count). The molecule has 0 saturated carbocycles. The molecule has 1 aliphatic rings. The Morgan fingerprint density at radius 2 is 2.20 bits per heavy atom. The van der Waals surface area contributed by atoms with E-state index in [4.69, 9.17) is 0 Å². The Balaban J connectivity index is 2.21. The summed E-state index contributed by atoms with van der Waals surface area (Å²) in [6.07, 6.45) is 2.23. The fraction of sp³-hybridized carbons (Fsp3) is 0.611. The second-order valence-electron chi connectivity index (χ2n) is 7.10. The van der Waals surface area contributed by atoms with Crippen LogP contribution in [0.3, 0.4) is 0 Å². The summed E-state index contributed by atoms with van der Waals surface area (Å²) in [5.74, 6) is 1.20. The van der Waals surface area contributed by atoms with Crippen LogP contribution in [-0.2, 0) is 0 Å². The highest BCUT2D eigenvalue weighted by atomic mass is 32.2. The topological polar surface area (TPSA) is 66.7 Å². The fourth-order valence-corrected chi connectivity index (χ4v) is 3.97. The number of carbonyl (C=O) groups is 1. The maximum Gasteiger partial charge on any atom is 0.270 e. The van der Waals surface area contributed by atoms with Crippen LogP contribution in [-0.4, -0.2) is 59.6 Å². The zero-order valence-electron chi connectivity index (χ0n) is 15.4. The van der Waals surface area contributed by atoms with Gasteiger partial charge in [-0.05, 0) is 38.4 Å². The minimum Gasteiger partial charge on any atom is -0.340 e. The van der Waals surface area contributed by atoms with E-state index in [2.05, 4.69) is 25.8 Å². The molecule has 1 atom stereocenters. The van der Waals surface area contributed by atoms with Crippen molar-refractivity contribution in [3.05, 3.63) is 33.9 Å². The molecule has 7 heteroatoms. The third kappa shape index (κ3) is 5.19. The summed E-state index contributed by atoms with van der Waals surface area (Å²) in [5, 5.41) is 11.1. The predicted molar refractivity (Wildman–Crippen MR) is 101 cm³/mol. The summed E-state index contributed by atoms with van der Waals surface area (Å²) in [7, 11) is 3.86. The third-order valence-corrected chi connectivity index (χ3v) is 5.98. The fourth-order valence-electron chi connectivity index (χ4n) is 3.00. The first-order valence-corrected chi connectivity index (χ1v) is 9.65. The maximum absolute atomic E-state index is 13.0. The van der Waals surface area contributed by atoms with Crippen molar-refractivity contribution in [1.82, 2.24) is 9.80 Å². The van der Waals surface area contributed by atoms with Crippen LogP contribution < -0.4 is 0 Å². The number of amides is 1. The number of nitrogens with zero attached hydrogens (tertiary/aromatic N) is 3. The van der Waals surface area contributed by atoms with Crippen LogP contribution in [0.25, 0.3) is 0 Å². The third-order valence-electron chi connectivity index (χ3n) is 4.48. The summed E-state index contributed by atoms with van der Waals surface area (Å²) < 4.78 is 0. The van der Waals surface area contributed by atoms with Gasteiger partial charge in [-0.25, -0.2) is 0 Å². The minimum absolute atomic E-state index is 0.0383. The van der Waals surface area contributed by atoms with E-state index in [9.17, 15) is 14.9 Å². The predicted octanol–water partition coefficient (Wildman–Crippen LogP) is 3.51. The second-order valence-corrected chi connectivity index (χ2v) is 8.17. The monoisotopic (exact) mass is 365 g/mol. The van der Waals surface area contributed by atoms with E-state index in [-0.39, 0.29) is 11.6 Å². The largest absolute Gasteiger partial charge is 0.340 e. The maximum atomic E-state index is 13.0. The number of thioether (sulfide) groups is 1. The van der Waals surface area contributed by atoms with Crippen LogP contribution in [0.5, 0.6) is 0 Å². The molecule has 1 heterocycles. The number of nitro benzene ring substituents is 1. The van der Waals surface area contributed by atoms with E-state index < -0.39 is 4.92 Å². The molecule has 1 aliphatic heterocycles. The molecule has 0 N–H and O–H groups in total. The molecule has 138 valence electrons. The minimum atomic E-state index is -0.446. The number of benzene rings is 1. The van der Waals surface area contributed by atoms with Crippen LogP contribution >= 0.6 is 11.8 Å². The molecule has 1 aromatic carbocycles. The Morgan fingerprint density at radius 1 is 1.48 bits per heavy atom. The smallest absolute Gasteiger partial charge is 0.270 e. The van der Waals surface area contributed by atoms with Crippen LogP contribution in [0.15, 0.2) is 23.1 Å². The summed E-state index contributed by atoms with van der Waals surface area (Å²) in [4.78, 5) is 28.4. The molecule has 0 aliphatic carbocycles.